The van der Waals surface area contributed by atoms with Crippen LogP contribution in [0.1, 0.15) is 5.56 Å². The van der Waals surface area contributed by atoms with Gasteiger partial charge in [0.25, 0.3) is 0 Å². The summed E-state index contributed by atoms with van der Waals surface area (Å²) in [5, 5.41) is 0. The Hall–Kier alpha value is -3.56. The van der Waals surface area contributed by atoms with E-state index in [2.05, 4.69) is 66.6 Å². The first-order valence-corrected chi connectivity index (χ1v) is 8.68. The molecule has 0 atom stereocenters. The van der Waals surface area contributed by atoms with E-state index >= 15 is 0 Å². The van der Waals surface area contributed by atoms with E-state index in [9.17, 15) is 0 Å². The van der Waals surface area contributed by atoms with Gasteiger partial charge in [-0.05, 0) is 45.5 Å². The zero-order valence-corrected chi connectivity index (χ0v) is 14.4. The zero-order chi connectivity index (χ0) is 17.8. The summed E-state index contributed by atoms with van der Waals surface area (Å²) in [7, 11) is 0. The molecule has 0 aromatic heterocycles. The van der Waals surface area contributed by atoms with E-state index in [0.717, 1.165) is 27.8 Å². The van der Waals surface area contributed by atoms with Crippen LogP contribution in [0.2, 0.25) is 0 Å². The minimum atomic E-state index is 0.932. The van der Waals surface area contributed by atoms with Crippen molar-refractivity contribution in [3.8, 4) is 45.7 Å². The second kappa shape index (κ2) is 7.13. The lowest BCUT2D eigenvalue weighted by Gasteiger charge is -2.15. The summed E-state index contributed by atoms with van der Waals surface area (Å²) < 4.78 is 0. The predicted octanol–water partition coefficient (Wildman–Crippen LogP) is 6.67. The van der Waals surface area contributed by atoms with Gasteiger partial charge in [-0.3, -0.25) is 0 Å². The van der Waals surface area contributed by atoms with Gasteiger partial charge in [0.2, 0.25) is 0 Å². The smallest absolute Gasteiger partial charge is 0.0399 e. The molecule has 0 aliphatic carbocycles. The lowest BCUT2D eigenvalue weighted by molar-refractivity contribution is 1.54. The molecule has 122 valence electrons. The molecule has 26 heavy (non-hydrogen) atoms. The van der Waals surface area contributed by atoms with E-state index in [4.69, 9.17) is 6.42 Å². The maximum atomic E-state index is 5.96. The zero-order valence-electron chi connectivity index (χ0n) is 14.4. The fourth-order valence-electron chi connectivity index (χ4n) is 3.29. The average molecular weight is 330 g/mol. The monoisotopic (exact) mass is 330 g/mol. The molecule has 0 saturated carbocycles. The van der Waals surface area contributed by atoms with Crippen molar-refractivity contribution < 1.29 is 0 Å². The van der Waals surface area contributed by atoms with Crippen LogP contribution in [0, 0.1) is 12.3 Å². The molecule has 0 saturated heterocycles. The minimum Gasteiger partial charge on any atom is -0.115 e. The number of benzene rings is 4. The van der Waals surface area contributed by atoms with Gasteiger partial charge in [0.05, 0.1) is 0 Å². The van der Waals surface area contributed by atoms with E-state index in [-0.39, 0.29) is 0 Å². The topological polar surface area (TPSA) is 0 Å². The molecule has 4 aromatic rings. The number of hydrogen-bond acceptors (Lipinski definition) is 0. The van der Waals surface area contributed by atoms with Crippen LogP contribution in [0.4, 0.5) is 0 Å². The first-order valence-electron chi connectivity index (χ1n) is 8.68. The molecule has 0 radical (unpaired) electrons. The largest absolute Gasteiger partial charge is 0.115 e. The quantitative estimate of drug-likeness (QED) is 0.368. The molecule has 0 nitrogen and oxygen atoms in total. The van der Waals surface area contributed by atoms with Gasteiger partial charge in [-0.2, -0.15) is 0 Å². The molecule has 0 N–H and O–H groups in total. The van der Waals surface area contributed by atoms with Crippen molar-refractivity contribution >= 4 is 0 Å². The molecule has 0 aliphatic rings. The van der Waals surface area contributed by atoms with Gasteiger partial charge >= 0.3 is 0 Å². The van der Waals surface area contributed by atoms with E-state index < -0.39 is 0 Å². The van der Waals surface area contributed by atoms with Gasteiger partial charge in [-0.1, -0.05) is 96.9 Å². The Balaban J connectivity index is 2.03. The maximum Gasteiger partial charge on any atom is 0.0399 e. The van der Waals surface area contributed by atoms with Crippen molar-refractivity contribution in [2.75, 3.05) is 0 Å². The Morgan fingerprint density at radius 1 is 0.462 bits per heavy atom. The molecule has 0 aliphatic heterocycles. The van der Waals surface area contributed by atoms with Crippen LogP contribution in [0.15, 0.2) is 103 Å². The van der Waals surface area contributed by atoms with Crippen LogP contribution in [-0.2, 0) is 0 Å². The fourth-order valence-corrected chi connectivity index (χ4v) is 3.29. The SMILES string of the molecule is C#Cc1c(-c2ccccc2)cc(-c2ccccc2)cc1-c1ccccc1. The van der Waals surface area contributed by atoms with Gasteiger partial charge in [-0.25, -0.2) is 0 Å². The molecule has 0 amide bonds. The van der Waals surface area contributed by atoms with Crippen LogP contribution >= 0.6 is 0 Å². The third-order valence-electron chi connectivity index (χ3n) is 4.56. The minimum absolute atomic E-state index is 0.932. The van der Waals surface area contributed by atoms with E-state index in [1.54, 1.807) is 0 Å². The molecule has 0 spiro atoms. The molecule has 0 unspecified atom stereocenters. The third kappa shape index (κ3) is 3.04. The van der Waals surface area contributed by atoms with Crippen molar-refractivity contribution in [1.29, 1.82) is 0 Å². The van der Waals surface area contributed by atoms with Crippen molar-refractivity contribution in [1.82, 2.24) is 0 Å². The van der Waals surface area contributed by atoms with Crippen molar-refractivity contribution in [2.45, 2.75) is 0 Å². The second-order valence-corrected chi connectivity index (χ2v) is 6.19. The van der Waals surface area contributed by atoms with Crippen molar-refractivity contribution in [3.63, 3.8) is 0 Å². The van der Waals surface area contributed by atoms with Crippen LogP contribution < -0.4 is 0 Å². The van der Waals surface area contributed by atoms with Gasteiger partial charge in [0, 0.05) is 5.56 Å². The lowest BCUT2D eigenvalue weighted by Crippen LogP contribution is -1.92. The molecule has 4 aromatic carbocycles. The molecular formula is C26H18. The summed E-state index contributed by atoms with van der Waals surface area (Å²) >= 11 is 0. The summed E-state index contributed by atoms with van der Waals surface area (Å²) in [5.41, 5.74) is 7.74. The Labute approximate surface area is 154 Å². The summed E-state index contributed by atoms with van der Waals surface area (Å²) in [6.07, 6.45) is 5.96. The third-order valence-corrected chi connectivity index (χ3v) is 4.56. The second-order valence-electron chi connectivity index (χ2n) is 6.19. The molecule has 0 bridgehead atoms. The molecule has 4 rings (SSSR count). The Morgan fingerprint density at radius 3 is 1.23 bits per heavy atom. The standard InChI is InChI=1S/C26H18/c1-2-24-25(21-14-8-4-9-15-21)18-23(20-12-6-3-7-13-20)19-26(24)22-16-10-5-11-17-22/h1,3-19H. The highest BCUT2D eigenvalue weighted by atomic mass is 14.2. The van der Waals surface area contributed by atoms with Crippen LogP contribution in [-0.4, -0.2) is 0 Å². The highest BCUT2D eigenvalue weighted by molar-refractivity contribution is 5.87. The number of hydrogen-bond donors (Lipinski definition) is 0. The number of rotatable bonds is 3. The molecule has 0 heteroatoms. The normalized spacial score (nSPS) is 10.3. The molecule has 0 fully saturated rings. The summed E-state index contributed by atoms with van der Waals surface area (Å²) in [4.78, 5) is 0. The fraction of sp³-hybridized carbons (Fsp3) is 0. The maximum absolute atomic E-state index is 5.96. The highest BCUT2D eigenvalue weighted by Gasteiger charge is 2.13. The molecule has 0 heterocycles. The Morgan fingerprint density at radius 2 is 0.846 bits per heavy atom. The first-order chi connectivity index (χ1) is 12.9. The summed E-state index contributed by atoms with van der Waals surface area (Å²) in [5.74, 6) is 2.94. The van der Waals surface area contributed by atoms with Gasteiger partial charge in [-0.15, -0.1) is 6.42 Å². The lowest BCUT2D eigenvalue weighted by atomic mass is 9.88. The Bertz CT molecular complexity index is 993. The van der Waals surface area contributed by atoms with E-state index in [0.29, 0.717) is 0 Å². The summed E-state index contributed by atoms with van der Waals surface area (Å²) in [6, 6.07) is 35.5. The highest BCUT2D eigenvalue weighted by Crippen LogP contribution is 2.36. The van der Waals surface area contributed by atoms with Gasteiger partial charge in [0.15, 0.2) is 0 Å². The van der Waals surface area contributed by atoms with E-state index in [1.807, 2.05) is 42.5 Å². The van der Waals surface area contributed by atoms with Crippen LogP contribution in [0.3, 0.4) is 0 Å². The van der Waals surface area contributed by atoms with Crippen LogP contribution in [0.25, 0.3) is 33.4 Å². The Kier molecular flexibility index (Phi) is 4.37. The van der Waals surface area contributed by atoms with Gasteiger partial charge in [0.1, 0.15) is 0 Å². The first kappa shape index (κ1) is 15.9. The summed E-state index contributed by atoms with van der Waals surface area (Å²) in [6.45, 7) is 0. The molecular weight excluding hydrogens is 312 g/mol. The number of terminal acetylenes is 1. The van der Waals surface area contributed by atoms with Gasteiger partial charge < -0.3 is 0 Å². The van der Waals surface area contributed by atoms with E-state index in [1.165, 1.54) is 11.1 Å². The van der Waals surface area contributed by atoms with Crippen molar-refractivity contribution in [2.24, 2.45) is 0 Å². The average Bonchev–Trinajstić information content (AvgIpc) is 2.74. The predicted molar refractivity (Wildman–Crippen MR) is 111 cm³/mol. The van der Waals surface area contributed by atoms with Crippen molar-refractivity contribution in [3.05, 3.63) is 109 Å². The van der Waals surface area contributed by atoms with Crippen LogP contribution in [0.5, 0.6) is 0 Å².